The fraction of sp³-hybridized carbons (Fsp3) is 0.238. The number of anilines is 1. The number of likely N-dealkylation sites (N-methyl/N-ethyl adjacent to an activating group) is 1. The summed E-state index contributed by atoms with van der Waals surface area (Å²) < 4.78 is 0.0586. The maximum atomic E-state index is 14.1. The Balaban J connectivity index is 1.68. The van der Waals surface area contributed by atoms with E-state index in [1.54, 1.807) is 12.1 Å². The first-order valence-electron chi connectivity index (χ1n) is 9.62. The van der Waals surface area contributed by atoms with Crippen molar-refractivity contribution in [1.82, 2.24) is 19.7 Å². The van der Waals surface area contributed by atoms with Crippen LogP contribution in [-0.2, 0) is 10.3 Å². The number of hydrogen-bond acceptors (Lipinski definition) is 6. The third-order valence-electron chi connectivity index (χ3n) is 6.57. The SMILES string of the molecule is CN1C[C@H](c2ccc(Cl)cc2Cl)[C@]2(Sc3ncnn3C2=O)[C@]12C(=O)Nc1ccccc12. The van der Waals surface area contributed by atoms with E-state index in [-0.39, 0.29) is 11.8 Å². The highest BCUT2D eigenvalue weighted by Gasteiger charge is 2.77. The van der Waals surface area contributed by atoms with Gasteiger partial charge in [-0.15, -0.1) is 0 Å². The molecule has 1 aromatic heterocycles. The number of aromatic nitrogens is 3. The molecule has 3 aliphatic rings. The molecule has 3 aliphatic heterocycles. The highest BCUT2D eigenvalue weighted by Crippen LogP contribution is 2.66. The highest BCUT2D eigenvalue weighted by molar-refractivity contribution is 8.01. The van der Waals surface area contributed by atoms with Gasteiger partial charge in [-0.25, -0.2) is 4.98 Å². The molecule has 0 bridgehead atoms. The number of rotatable bonds is 1. The Morgan fingerprint density at radius 1 is 1.19 bits per heavy atom. The fourth-order valence-electron chi connectivity index (χ4n) is 5.40. The first kappa shape index (κ1) is 19.3. The predicted molar refractivity (Wildman–Crippen MR) is 118 cm³/mol. The van der Waals surface area contributed by atoms with Crippen LogP contribution < -0.4 is 5.32 Å². The van der Waals surface area contributed by atoms with Crippen molar-refractivity contribution < 1.29 is 9.59 Å². The lowest BCUT2D eigenvalue weighted by molar-refractivity contribution is -0.126. The van der Waals surface area contributed by atoms with E-state index < -0.39 is 16.2 Å². The maximum Gasteiger partial charge on any atom is 0.269 e. The normalized spacial score (nSPS) is 29.1. The Hall–Kier alpha value is -2.39. The van der Waals surface area contributed by atoms with Crippen molar-refractivity contribution in [2.24, 2.45) is 0 Å². The van der Waals surface area contributed by atoms with E-state index in [0.29, 0.717) is 27.4 Å². The number of thioether (sulfide) groups is 1. The smallest absolute Gasteiger partial charge is 0.269 e. The molecule has 0 unspecified atom stereocenters. The van der Waals surface area contributed by atoms with Gasteiger partial charge in [-0.2, -0.15) is 9.78 Å². The number of nitrogens with zero attached hydrogens (tertiary/aromatic N) is 4. The molecule has 6 rings (SSSR count). The first-order chi connectivity index (χ1) is 14.9. The largest absolute Gasteiger partial charge is 0.324 e. The van der Waals surface area contributed by atoms with Gasteiger partial charge in [-0.05, 0) is 30.8 Å². The molecular weight excluding hydrogens is 457 g/mol. The second-order valence-electron chi connectivity index (χ2n) is 7.91. The molecule has 0 saturated carbocycles. The van der Waals surface area contributed by atoms with Gasteiger partial charge in [0, 0.05) is 33.8 Å². The molecule has 4 heterocycles. The van der Waals surface area contributed by atoms with E-state index in [2.05, 4.69) is 15.4 Å². The van der Waals surface area contributed by atoms with Gasteiger partial charge in [0.2, 0.25) is 0 Å². The molecule has 1 saturated heterocycles. The lowest BCUT2D eigenvalue weighted by atomic mass is 9.72. The van der Waals surface area contributed by atoms with E-state index in [0.717, 1.165) is 11.1 Å². The van der Waals surface area contributed by atoms with Gasteiger partial charge in [0.25, 0.3) is 11.8 Å². The van der Waals surface area contributed by atoms with Crippen LogP contribution in [0.1, 0.15) is 21.8 Å². The van der Waals surface area contributed by atoms with Gasteiger partial charge in [0.15, 0.2) is 10.7 Å². The minimum absolute atomic E-state index is 0.240. The minimum Gasteiger partial charge on any atom is -0.324 e. The standard InChI is InChI=1S/C21H15Cl2N5O2S/c1-27-9-14(12-7-6-11(22)8-15(12)23)21(18(30)28-19(31-21)24-10-25-28)20(27)13-4-2-3-5-16(13)26-17(20)29/h2-8,10,14H,9H2,1H3,(H,26,29)/t14-,20+,21-/m1/s1. The molecule has 0 radical (unpaired) electrons. The molecule has 156 valence electrons. The number of nitrogens with one attached hydrogen (secondary N) is 1. The maximum absolute atomic E-state index is 14.1. The van der Waals surface area contributed by atoms with E-state index >= 15 is 0 Å². The molecule has 1 fully saturated rings. The van der Waals surface area contributed by atoms with E-state index in [1.807, 2.05) is 42.3 Å². The van der Waals surface area contributed by atoms with E-state index in [4.69, 9.17) is 23.2 Å². The Morgan fingerprint density at radius 2 is 2.00 bits per heavy atom. The molecule has 2 spiro atoms. The Labute approximate surface area is 191 Å². The summed E-state index contributed by atoms with van der Waals surface area (Å²) in [7, 11) is 1.87. The van der Waals surface area contributed by atoms with Crippen molar-refractivity contribution in [3.63, 3.8) is 0 Å². The molecule has 31 heavy (non-hydrogen) atoms. The Morgan fingerprint density at radius 3 is 2.77 bits per heavy atom. The van der Waals surface area contributed by atoms with Gasteiger partial charge in [-0.1, -0.05) is 59.2 Å². The Bertz CT molecular complexity index is 1300. The van der Waals surface area contributed by atoms with Crippen molar-refractivity contribution in [2.45, 2.75) is 21.4 Å². The first-order valence-corrected chi connectivity index (χ1v) is 11.2. The van der Waals surface area contributed by atoms with Gasteiger partial charge in [-0.3, -0.25) is 14.5 Å². The number of amides is 1. The molecule has 3 aromatic rings. The highest BCUT2D eigenvalue weighted by atomic mass is 35.5. The zero-order valence-corrected chi connectivity index (χ0v) is 18.5. The van der Waals surface area contributed by atoms with Crippen molar-refractivity contribution in [3.05, 3.63) is 70.0 Å². The number of carbonyl (C=O) groups is 2. The number of fused-ring (bicyclic) bond motifs is 4. The van der Waals surface area contributed by atoms with Gasteiger partial charge >= 0.3 is 0 Å². The number of carbonyl (C=O) groups excluding carboxylic acids is 2. The van der Waals surface area contributed by atoms with Crippen LogP contribution in [0.25, 0.3) is 0 Å². The van der Waals surface area contributed by atoms with Crippen molar-refractivity contribution in [2.75, 3.05) is 18.9 Å². The number of halogens is 2. The lowest BCUT2D eigenvalue weighted by Crippen LogP contribution is -2.61. The molecule has 3 atom stereocenters. The van der Waals surface area contributed by atoms with Crippen LogP contribution in [0.3, 0.4) is 0 Å². The molecule has 1 amide bonds. The quantitative estimate of drug-likeness (QED) is 0.583. The van der Waals surface area contributed by atoms with Crippen LogP contribution >= 0.6 is 35.0 Å². The lowest BCUT2D eigenvalue weighted by Gasteiger charge is -2.41. The van der Waals surface area contributed by atoms with Crippen molar-refractivity contribution in [3.8, 4) is 0 Å². The van der Waals surface area contributed by atoms with Crippen LogP contribution in [0, 0.1) is 0 Å². The summed E-state index contributed by atoms with van der Waals surface area (Å²) in [5, 5.41) is 8.58. The predicted octanol–water partition coefficient (Wildman–Crippen LogP) is 3.65. The second kappa shape index (κ2) is 6.32. The van der Waals surface area contributed by atoms with Crippen molar-refractivity contribution >= 4 is 52.5 Å². The molecule has 2 aromatic carbocycles. The third kappa shape index (κ3) is 2.16. The van der Waals surface area contributed by atoms with Gasteiger partial charge in [0.05, 0.1) is 0 Å². The molecular formula is C21H15Cl2N5O2S. The molecule has 1 N–H and O–H groups in total. The zero-order valence-electron chi connectivity index (χ0n) is 16.2. The average molecular weight is 472 g/mol. The van der Waals surface area contributed by atoms with Crippen LogP contribution in [0.4, 0.5) is 5.69 Å². The van der Waals surface area contributed by atoms with Crippen LogP contribution in [-0.4, -0.2) is 49.8 Å². The zero-order chi connectivity index (χ0) is 21.5. The summed E-state index contributed by atoms with van der Waals surface area (Å²) in [5.74, 6) is -0.923. The summed E-state index contributed by atoms with van der Waals surface area (Å²) >= 11 is 14.1. The summed E-state index contributed by atoms with van der Waals surface area (Å²) in [6.07, 6.45) is 1.35. The Kier molecular flexibility index (Phi) is 3.94. The van der Waals surface area contributed by atoms with Gasteiger partial charge in [0.1, 0.15) is 11.1 Å². The average Bonchev–Trinajstić information content (AvgIpc) is 3.44. The summed E-state index contributed by atoms with van der Waals surface area (Å²) in [6, 6.07) is 12.8. The second-order valence-corrected chi connectivity index (χ2v) is 9.96. The number of benzene rings is 2. The molecule has 7 nitrogen and oxygen atoms in total. The van der Waals surface area contributed by atoms with Crippen LogP contribution in [0.2, 0.25) is 10.0 Å². The van der Waals surface area contributed by atoms with E-state index in [9.17, 15) is 9.59 Å². The minimum atomic E-state index is -1.25. The fourth-order valence-corrected chi connectivity index (χ4v) is 7.57. The summed E-state index contributed by atoms with van der Waals surface area (Å²) in [5.41, 5.74) is 0.981. The monoisotopic (exact) mass is 471 g/mol. The number of para-hydroxylation sites is 1. The van der Waals surface area contributed by atoms with E-state index in [1.165, 1.54) is 22.8 Å². The summed E-state index contributed by atoms with van der Waals surface area (Å²) in [4.78, 5) is 34.0. The van der Waals surface area contributed by atoms with Crippen LogP contribution in [0.15, 0.2) is 53.9 Å². The van der Waals surface area contributed by atoms with Crippen LogP contribution in [0.5, 0.6) is 0 Å². The summed E-state index contributed by atoms with van der Waals surface area (Å²) in [6.45, 7) is 0.437. The topological polar surface area (TPSA) is 80.1 Å². The molecule has 0 aliphatic carbocycles. The van der Waals surface area contributed by atoms with Gasteiger partial charge < -0.3 is 5.32 Å². The number of hydrogen-bond donors (Lipinski definition) is 1. The molecule has 10 heteroatoms. The number of likely N-dealkylation sites (tertiary alicyclic amines) is 1. The third-order valence-corrected chi connectivity index (χ3v) is 8.67. The van der Waals surface area contributed by atoms with Crippen molar-refractivity contribution in [1.29, 1.82) is 0 Å².